The Hall–Kier alpha value is -2.37. The van der Waals surface area contributed by atoms with Gasteiger partial charge in [0.25, 0.3) is 0 Å². The summed E-state index contributed by atoms with van der Waals surface area (Å²) in [6.45, 7) is 6.55. The summed E-state index contributed by atoms with van der Waals surface area (Å²) >= 11 is 0. The van der Waals surface area contributed by atoms with Crippen LogP contribution in [-0.2, 0) is 28.6 Å². The smallest absolute Gasteiger partial charge is 0.306 e. The average Bonchev–Trinajstić information content (AvgIpc) is 3.19. The molecular formula is C50H90O6. The van der Waals surface area contributed by atoms with Crippen LogP contribution < -0.4 is 0 Å². The maximum absolute atomic E-state index is 12.7. The number of unbranched alkanes of at least 4 members (excludes halogenated alkanes) is 26. The molecule has 0 saturated heterocycles. The van der Waals surface area contributed by atoms with E-state index in [0.717, 1.165) is 83.5 Å². The fraction of sp³-hybridized carbons (Fsp3) is 0.820. The lowest BCUT2D eigenvalue weighted by atomic mass is 10.0. The Bertz CT molecular complexity index is 953. The van der Waals surface area contributed by atoms with Crippen molar-refractivity contribution in [1.82, 2.24) is 0 Å². The molecule has 326 valence electrons. The zero-order chi connectivity index (χ0) is 40.8. The number of esters is 3. The number of rotatable bonds is 43. The van der Waals surface area contributed by atoms with Gasteiger partial charge in [-0.2, -0.15) is 0 Å². The Morgan fingerprint density at radius 3 is 1.09 bits per heavy atom. The van der Waals surface area contributed by atoms with E-state index < -0.39 is 6.10 Å². The lowest BCUT2D eigenvalue weighted by Gasteiger charge is -2.18. The molecule has 0 radical (unpaired) electrons. The van der Waals surface area contributed by atoms with Crippen molar-refractivity contribution in [3.8, 4) is 0 Å². The van der Waals surface area contributed by atoms with Crippen molar-refractivity contribution in [3.63, 3.8) is 0 Å². The van der Waals surface area contributed by atoms with E-state index in [1.807, 2.05) is 0 Å². The third-order valence-corrected chi connectivity index (χ3v) is 10.4. The second-order valence-electron chi connectivity index (χ2n) is 16.0. The molecule has 0 aromatic heterocycles. The van der Waals surface area contributed by atoms with E-state index >= 15 is 0 Å². The van der Waals surface area contributed by atoms with Crippen LogP contribution in [0.4, 0.5) is 0 Å². The molecule has 6 heteroatoms. The molecule has 0 rings (SSSR count). The summed E-state index contributed by atoms with van der Waals surface area (Å²) in [5.41, 5.74) is 0. The van der Waals surface area contributed by atoms with E-state index in [4.69, 9.17) is 14.2 Å². The first-order chi connectivity index (χ1) is 27.5. The minimum absolute atomic E-state index is 0.0790. The van der Waals surface area contributed by atoms with Crippen molar-refractivity contribution in [2.75, 3.05) is 13.2 Å². The molecule has 0 unspecified atom stereocenters. The summed E-state index contributed by atoms with van der Waals surface area (Å²) in [5, 5.41) is 0. The third kappa shape index (κ3) is 42.8. The molecule has 56 heavy (non-hydrogen) atoms. The summed E-state index contributed by atoms with van der Waals surface area (Å²) in [4.78, 5) is 37.8. The van der Waals surface area contributed by atoms with Gasteiger partial charge in [-0.3, -0.25) is 14.4 Å². The highest BCUT2D eigenvalue weighted by atomic mass is 16.6. The van der Waals surface area contributed by atoms with Gasteiger partial charge in [-0.25, -0.2) is 0 Å². The zero-order valence-electron chi connectivity index (χ0n) is 37.2. The molecule has 0 aromatic rings. The fourth-order valence-corrected chi connectivity index (χ4v) is 6.69. The van der Waals surface area contributed by atoms with Crippen LogP contribution in [0.2, 0.25) is 0 Å². The van der Waals surface area contributed by atoms with Gasteiger partial charge < -0.3 is 14.2 Å². The lowest BCUT2D eigenvalue weighted by Crippen LogP contribution is -2.30. The van der Waals surface area contributed by atoms with Gasteiger partial charge >= 0.3 is 17.9 Å². The highest BCUT2D eigenvalue weighted by Gasteiger charge is 2.19. The monoisotopic (exact) mass is 787 g/mol. The third-order valence-electron chi connectivity index (χ3n) is 10.4. The normalized spacial score (nSPS) is 12.3. The van der Waals surface area contributed by atoms with Crippen LogP contribution in [0.15, 0.2) is 36.5 Å². The highest BCUT2D eigenvalue weighted by Crippen LogP contribution is 2.14. The van der Waals surface area contributed by atoms with Crippen LogP contribution in [0.25, 0.3) is 0 Å². The predicted octanol–water partition coefficient (Wildman–Crippen LogP) is 15.4. The summed E-state index contributed by atoms with van der Waals surface area (Å²) in [6.07, 6.45) is 51.2. The van der Waals surface area contributed by atoms with Gasteiger partial charge in [-0.15, -0.1) is 0 Å². The Morgan fingerprint density at radius 2 is 0.661 bits per heavy atom. The van der Waals surface area contributed by atoms with Crippen molar-refractivity contribution in [3.05, 3.63) is 36.5 Å². The average molecular weight is 787 g/mol. The van der Waals surface area contributed by atoms with E-state index in [2.05, 4.69) is 57.2 Å². The van der Waals surface area contributed by atoms with Crippen LogP contribution >= 0.6 is 0 Å². The van der Waals surface area contributed by atoms with Crippen molar-refractivity contribution in [2.45, 2.75) is 252 Å². The van der Waals surface area contributed by atoms with E-state index in [9.17, 15) is 14.4 Å². The first-order valence-electron chi connectivity index (χ1n) is 24.0. The molecule has 0 aromatic carbocycles. The maximum Gasteiger partial charge on any atom is 0.306 e. The Labute approximate surface area is 346 Å². The van der Waals surface area contributed by atoms with Crippen LogP contribution in [0.1, 0.15) is 245 Å². The number of carbonyl (C=O) groups excluding carboxylic acids is 3. The zero-order valence-corrected chi connectivity index (χ0v) is 37.2. The molecular weight excluding hydrogens is 697 g/mol. The molecule has 1 atom stereocenters. The number of ether oxygens (including phenoxy) is 3. The van der Waals surface area contributed by atoms with Gasteiger partial charge in [0, 0.05) is 19.3 Å². The van der Waals surface area contributed by atoms with Gasteiger partial charge in [0.2, 0.25) is 0 Å². The van der Waals surface area contributed by atoms with Crippen molar-refractivity contribution < 1.29 is 28.6 Å². The van der Waals surface area contributed by atoms with Gasteiger partial charge in [0.05, 0.1) is 0 Å². The van der Waals surface area contributed by atoms with Gasteiger partial charge in [0.1, 0.15) is 13.2 Å². The minimum atomic E-state index is -0.775. The number of allylic oxidation sites excluding steroid dienone is 6. The van der Waals surface area contributed by atoms with Crippen LogP contribution in [0.5, 0.6) is 0 Å². The van der Waals surface area contributed by atoms with Gasteiger partial charge in [0.15, 0.2) is 6.10 Å². The van der Waals surface area contributed by atoms with Crippen LogP contribution in [-0.4, -0.2) is 37.2 Å². The van der Waals surface area contributed by atoms with Crippen LogP contribution in [0, 0.1) is 0 Å². The quantitative estimate of drug-likeness (QED) is 0.0265. The van der Waals surface area contributed by atoms with E-state index in [1.165, 1.54) is 122 Å². The van der Waals surface area contributed by atoms with Gasteiger partial charge in [-0.1, -0.05) is 192 Å². The Morgan fingerprint density at radius 1 is 0.357 bits per heavy atom. The molecule has 0 saturated carbocycles. The molecule has 0 N–H and O–H groups in total. The summed E-state index contributed by atoms with van der Waals surface area (Å²) in [6, 6.07) is 0. The first kappa shape index (κ1) is 53.6. The summed E-state index contributed by atoms with van der Waals surface area (Å²) in [7, 11) is 0. The van der Waals surface area contributed by atoms with E-state index in [-0.39, 0.29) is 31.1 Å². The maximum atomic E-state index is 12.7. The number of hydrogen-bond acceptors (Lipinski definition) is 6. The molecule has 0 aliphatic rings. The second-order valence-corrected chi connectivity index (χ2v) is 16.0. The fourth-order valence-electron chi connectivity index (χ4n) is 6.69. The SMILES string of the molecule is CCCC/C=C\CCCCCCCC(=O)OC[C@H](COC(=O)CCCCCCC/C=C\C/C=C\CCCCC)OC(=O)CCCCCCCCCCCCCC. The molecule has 0 spiro atoms. The van der Waals surface area contributed by atoms with Gasteiger partial charge in [-0.05, 0) is 70.6 Å². The Kier molecular flexibility index (Phi) is 43.4. The predicted molar refractivity (Wildman–Crippen MR) is 238 cm³/mol. The molecule has 0 fully saturated rings. The molecule has 0 bridgehead atoms. The van der Waals surface area contributed by atoms with E-state index in [1.54, 1.807) is 0 Å². The minimum Gasteiger partial charge on any atom is -0.462 e. The largest absolute Gasteiger partial charge is 0.462 e. The molecule has 6 nitrogen and oxygen atoms in total. The summed E-state index contributed by atoms with van der Waals surface area (Å²) in [5.74, 6) is -0.897. The lowest BCUT2D eigenvalue weighted by molar-refractivity contribution is -0.167. The highest BCUT2D eigenvalue weighted by molar-refractivity contribution is 5.71. The van der Waals surface area contributed by atoms with E-state index in [0.29, 0.717) is 19.3 Å². The van der Waals surface area contributed by atoms with Crippen molar-refractivity contribution in [1.29, 1.82) is 0 Å². The topological polar surface area (TPSA) is 78.9 Å². The standard InChI is InChI=1S/C50H90O6/c1-4-7-10-13-16-19-22-24-25-26-29-31-34-37-40-43-49(52)55-46-47(45-54-48(51)42-39-36-33-30-27-21-18-15-12-9-6-3)56-50(53)44-41-38-35-32-28-23-20-17-14-11-8-5-2/h15-16,18-19,24-25,47H,4-14,17,20-23,26-46H2,1-3H3/b18-15-,19-16-,25-24-/t47-/m1/s1. The first-order valence-corrected chi connectivity index (χ1v) is 24.0. The molecule has 0 amide bonds. The number of hydrogen-bond donors (Lipinski definition) is 0. The number of carbonyl (C=O) groups is 3. The van der Waals surface area contributed by atoms with Crippen LogP contribution in [0.3, 0.4) is 0 Å². The molecule has 0 heterocycles. The second kappa shape index (κ2) is 45.3. The molecule has 0 aliphatic heterocycles. The summed E-state index contributed by atoms with van der Waals surface area (Å²) < 4.78 is 16.7. The van der Waals surface area contributed by atoms with Crippen molar-refractivity contribution in [2.24, 2.45) is 0 Å². The Balaban J connectivity index is 4.38. The van der Waals surface area contributed by atoms with Crippen molar-refractivity contribution >= 4 is 17.9 Å². The molecule has 0 aliphatic carbocycles.